The summed E-state index contributed by atoms with van der Waals surface area (Å²) in [5.41, 5.74) is 0.612. The molecule has 1 aromatic carbocycles. The first-order chi connectivity index (χ1) is 10.2. The minimum Gasteiger partial charge on any atom is -0.369 e. The van der Waals surface area contributed by atoms with Crippen molar-refractivity contribution in [1.29, 1.82) is 0 Å². The molecule has 3 rings (SSSR count). The zero-order valence-corrected chi connectivity index (χ0v) is 11.3. The maximum atomic E-state index is 13.9. The molecule has 0 unspecified atom stereocenters. The quantitative estimate of drug-likeness (QED) is 0.802. The van der Waals surface area contributed by atoms with Crippen molar-refractivity contribution >= 4 is 16.9 Å². The summed E-state index contributed by atoms with van der Waals surface area (Å²) in [6.45, 7) is 2.81. The van der Waals surface area contributed by atoms with E-state index in [2.05, 4.69) is 20.4 Å². The van der Waals surface area contributed by atoms with E-state index in [9.17, 15) is 8.78 Å². The highest BCUT2D eigenvalue weighted by atomic mass is 19.1. The van der Waals surface area contributed by atoms with Gasteiger partial charge in [-0.15, -0.1) is 0 Å². The van der Waals surface area contributed by atoms with Crippen LogP contribution in [-0.2, 0) is 0 Å². The van der Waals surface area contributed by atoms with Gasteiger partial charge < -0.3 is 5.32 Å². The lowest BCUT2D eigenvalue weighted by molar-refractivity contribution is 0.574. The molecule has 108 valence electrons. The molecule has 0 amide bonds. The van der Waals surface area contributed by atoms with Crippen LogP contribution in [0.1, 0.15) is 13.3 Å². The van der Waals surface area contributed by atoms with Crippen molar-refractivity contribution in [1.82, 2.24) is 19.7 Å². The Bertz CT molecular complexity index is 784. The van der Waals surface area contributed by atoms with E-state index in [1.54, 1.807) is 6.20 Å². The van der Waals surface area contributed by atoms with E-state index in [1.807, 2.05) is 6.92 Å². The Kier molecular flexibility index (Phi) is 3.47. The number of hydrogen-bond donors (Lipinski definition) is 1. The fraction of sp³-hybridized carbons (Fsp3) is 0.214. The summed E-state index contributed by atoms with van der Waals surface area (Å²) in [5, 5.41) is 7.99. The van der Waals surface area contributed by atoms with Gasteiger partial charge in [-0.1, -0.05) is 6.92 Å². The second kappa shape index (κ2) is 5.43. The van der Waals surface area contributed by atoms with Crippen LogP contribution in [0.2, 0.25) is 0 Å². The standard InChI is InChI=1S/C14H13F2N5/c1-2-5-17-13-10-7-20-21(14(10)19-8-18-13)12-4-3-9(15)6-11(12)16/h3-4,6-8H,2,5H2,1H3,(H,17,18,19). The maximum absolute atomic E-state index is 13.9. The number of nitrogens with zero attached hydrogens (tertiary/aromatic N) is 4. The molecule has 0 atom stereocenters. The second-order valence-electron chi connectivity index (χ2n) is 4.54. The van der Waals surface area contributed by atoms with E-state index in [4.69, 9.17) is 0 Å². The van der Waals surface area contributed by atoms with Crippen molar-refractivity contribution in [3.63, 3.8) is 0 Å². The summed E-state index contributed by atoms with van der Waals surface area (Å²) >= 11 is 0. The van der Waals surface area contributed by atoms with Gasteiger partial charge in [0.25, 0.3) is 0 Å². The van der Waals surface area contributed by atoms with E-state index in [0.717, 1.165) is 19.0 Å². The Hall–Kier alpha value is -2.57. The predicted octanol–water partition coefficient (Wildman–Crippen LogP) is 2.92. The van der Waals surface area contributed by atoms with Gasteiger partial charge in [0.15, 0.2) is 11.5 Å². The lowest BCUT2D eigenvalue weighted by Gasteiger charge is -2.06. The van der Waals surface area contributed by atoms with Crippen LogP contribution < -0.4 is 5.32 Å². The van der Waals surface area contributed by atoms with Gasteiger partial charge in [-0.2, -0.15) is 5.10 Å². The van der Waals surface area contributed by atoms with E-state index in [-0.39, 0.29) is 5.69 Å². The van der Waals surface area contributed by atoms with Crippen molar-refractivity contribution in [2.24, 2.45) is 0 Å². The van der Waals surface area contributed by atoms with Crippen LogP contribution in [0.15, 0.2) is 30.7 Å². The largest absolute Gasteiger partial charge is 0.369 e. The highest BCUT2D eigenvalue weighted by Gasteiger charge is 2.14. The molecule has 0 spiro atoms. The summed E-state index contributed by atoms with van der Waals surface area (Å²) in [5.74, 6) is -0.676. The molecule has 0 saturated heterocycles. The first-order valence-electron chi connectivity index (χ1n) is 6.58. The van der Waals surface area contributed by atoms with Crippen LogP contribution in [0, 0.1) is 11.6 Å². The van der Waals surface area contributed by atoms with Gasteiger partial charge in [-0.3, -0.25) is 0 Å². The van der Waals surface area contributed by atoms with Gasteiger partial charge in [0.1, 0.15) is 23.6 Å². The van der Waals surface area contributed by atoms with Crippen LogP contribution in [-0.4, -0.2) is 26.3 Å². The fourth-order valence-electron chi connectivity index (χ4n) is 2.06. The maximum Gasteiger partial charge on any atom is 0.168 e. The molecule has 3 aromatic rings. The first-order valence-corrected chi connectivity index (χ1v) is 6.58. The third kappa shape index (κ3) is 2.42. The molecule has 0 radical (unpaired) electrons. The van der Waals surface area contributed by atoms with Crippen LogP contribution in [0.3, 0.4) is 0 Å². The van der Waals surface area contributed by atoms with Crippen LogP contribution in [0.4, 0.5) is 14.6 Å². The molecule has 1 N–H and O–H groups in total. The lowest BCUT2D eigenvalue weighted by atomic mass is 10.3. The van der Waals surface area contributed by atoms with Gasteiger partial charge in [0.2, 0.25) is 0 Å². The number of anilines is 1. The number of benzene rings is 1. The molecule has 21 heavy (non-hydrogen) atoms. The fourth-order valence-corrected chi connectivity index (χ4v) is 2.06. The van der Waals surface area contributed by atoms with Crippen LogP contribution >= 0.6 is 0 Å². The smallest absolute Gasteiger partial charge is 0.168 e. The number of nitrogens with one attached hydrogen (secondary N) is 1. The highest BCUT2D eigenvalue weighted by molar-refractivity contribution is 5.87. The van der Waals surface area contributed by atoms with Gasteiger partial charge >= 0.3 is 0 Å². The number of hydrogen-bond acceptors (Lipinski definition) is 4. The second-order valence-corrected chi connectivity index (χ2v) is 4.54. The molecule has 5 nitrogen and oxygen atoms in total. The molecular weight excluding hydrogens is 276 g/mol. The molecule has 7 heteroatoms. The van der Waals surface area contributed by atoms with Gasteiger partial charge in [0, 0.05) is 12.6 Å². The van der Waals surface area contributed by atoms with Crippen molar-refractivity contribution in [3.8, 4) is 5.69 Å². The minimum absolute atomic E-state index is 0.145. The molecule has 0 aliphatic rings. The SMILES string of the molecule is CCCNc1ncnc2c1cnn2-c1ccc(F)cc1F. The normalized spacial score (nSPS) is 11.0. The van der Waals surface area contributed by atoms with Crippen LogP contribution in [0.5, 0.6) is 0 Å². The average Bonchev–Trinajstić information content (AvgIpc) is 2.89. The monoisotopic (exact) mass is 289 g/mol. The summed E-state index contributed by atoms with van der Waals surface area (Å²) in [4.78, 5) is 8.30. The summed E-state index contributed by atoms with van der Waals surface area (Å²) in [6.07, 6.45) is 3.91. The highest BCUT2D eigenvalue weighted by Crippen LogP contribution is 2.23. The van der Waals surface area contributed by atoms with Gasteiger partial charge in [0.05, 0.1) is 11.6 Å². The zero-order chi connectivity index (χ0) is 14.8. The average molecular weight is 289 g/mol. The van der Waals surface area contributed by atoms with Crippen molar-refractivity contribution < 1.29 is 8.78 Å². The Labute approximate surface area is 119 Å². The van der Waals surface area contributed by atoms with Crippen molar-refractivity contribution in [3.05, 3.63) is 42.4 Å². The van der Waals surface area contributed by atoms with Gasteiger partial charge in [-0.05, 0) is 18.6 Å². The molecule has 0 fully saturated rings. The third-order valence-electron chi connectivity index (χ3n) is 3.05. The van der Waals surface area contributed by atoms with E-state index < -0.39 is 11.6 Å². The Morgan fingerprint density at radius 3 is 2.86 bits per heavy atom. The predicted molar refractivity (Wildman–Crippen MR) is 75.4 cm³/mol. The number of rotatable bonds is 4. The van der Waals surface area contributed by atoms with Gasteiger partial charge in [-0.25, -0.2) is 23.4 Å². The molecule has 0 bridgehead atoms. The molecular formula is C14H13F2N5. The summed E-state index contributed by atoms with van der Waals surface area (Å²) in [7, 11) is 0. The Balaban J connectivity index is 2.12. The van der Waals surface area contributed by atoms with E-state index in [1.165, 1.54) is 23.1 Å². The van der Waals surface area contributed by atoms with E-state index in [0.29, 0.717) is 16.9 Å². The number of fused-ring (bicyclic) bond motifs is 1. The van der Waals surface area contributed by atoms with Crippen molar-refractivity contribution in [2.75, 3.05) is 11.9 Å². The van der Waals surface area contributed by atoms with Crippen LogP contribution in [0.25, 0.3) is 16.7 Å². The molecule has 0 aliphatic heterocycles. The first kappa shape index (κ1) is 13.4. The van der Waals surface area contributed by atoms with Crippen molar-refractivity contribution in [2.45, 2.75) is 13.3 Å². The minimum atomic E-state index is -0.693. The molecule has 2 aromatic heterocycles. The summed E-state index contributed by atoms with van der Waals surface area (Å²) in [6, 6.07) is 3.34. The molecule has 0 saturated carbocycles. The van der Waals surface area contributed by atoms with E-state index >= 15 is 0 Å². The number of aromatic nitrogens is 4. The number of halogens is 2. The summed E-state index contributed by atoms with van der Waals surface area (Å²) < 4.78 is 28.2. The lowest BCUT2D eigenvalue weighted by Crippen LogP contribution is -2.04. The third-order valence-corrected chi connectivity index (χ3v) is 3.05. The Morgan fingerprint density at radius 2 is 2.10 bits per heavy atom. The molecule has 0 aliphatic carbocycles. The Morgan fingerprint density at radius 1 is 1.24 bits per heavy atom. The molecule has 2 heterocycles. The topological polar surface area (TPSA) is 55.6 Å². The zero-order valence-electron chi connectivity index (χ0n) is 11.3.